The Morgan fingerprint density at radius 1 is 1.29 bits per heavy atom. The molecule has 0 amide bonds. The zero-order valence-electron chi connectivity index (χ0n) is 16.5. The smallest absolute Gasteiger partial charge is 0.316 e. The summed E-state index contributed by atoms with van der Waals surface area (Å²) in [6, 6.07) is 10.1. The number of fused-ring (bicyclic) bond motifs is 1. The van der Waals surface area contributed by atoms with Crippen molar-refractivity contribution in [1.82, 2.24) is 9.88 Å². The highest BCUT2D eigenvalue weighted by Gasteiger charge is 2.33. The number of aromatic nitrogens is 1. The van der Waals surface area contributed by atoms with Gasteiger partial charge in [0.1, 0.15) is 17.9 Å². The number of ether oxygens (including phenoxy) is 2. The highest BCUT2D eigenvalue weighted by Crippen LogP contribution is 2.41. The number of aliphatic hydroxyl groups is 1. The molecule has 1 unspecified atom stereocenters. The highest BCUT2D eigenvalue weighted by atomic mass is 16.5. The van der Waals surface area contributed by atoms with Crippen LogP contribution in [-0.4, -0.2) is 34.4 Å². The van der Waals surface area contributed by atoms with E-state index in [2.05, 4.69) is 21.9 Å². The molecule has 1 aliphatic rings. The number of aliphatic imine (C=N–C) groups is 1. The Morgan fingerprint density at radius 3 is 2.57 bits per heavy atom. The number of aliphatic hydroxyl groups excluding tert-OH is 1. The molecular weight excluding hydrogens is 358 g/mol. The summed E-state index contributed by atoms with van der Waals surface area (Å²) in [7, 11) is 1.60. The van der Waals surface area contributed by atoms with Gasteiger partial charge in [-0.05, 0) is 57.9 Å². The second kappa shape index (κ2) is 7.41. The Balaban J connectivity index is 1.87. The Bertz CT molecular complexity index is 972. The number of nitrogens with one attached hydrogen (secondary N) is 1. The molecular formula is C21H23N3O4. The highest BCUT2D eigenvalue weighted by molar-refractivity contribution is 5.80. The Labute approximate surface area is 164 Å². The van der Waals surface area contributed by atoms with E-state index in [1.54, 1.807) is 34.8 Å². The van der Waals surface area contributed by atoms with Crippen LogP contribution in [0.4, 0.5) is 5.82 Å². The van der Waals surface area contributed by atoms with Gasteiger partial charge >= 0.3 is 5.97 Å². The predicted molar refractivity (Wildman–Crippen MR) is 105 cm³/mol. The quantitative estimate of drug-likeness (QED) is 0.616. The summed E-state index contributed by atoms with van der Waals surface area (Å²) in [6.45, 7) is 7.07. The first-order valence-corrected chi connectivity index (χ1v) is 8.81. The molecule has 7 nitrogen and oxygen atoms in total. The number of carbonyl (C=O) groups excluding carboxylic acids is 1. The van der Waals surface area contributed by atoms with Crippen LogP contribution in [0.1, 0.15) is 43.8 Å². The topological polar surface area (TPSA) is 87.1 Å². The molecule has 7 heteroatoms. The van der Waals surface area contributed by atoms with Gasteiger partial charge in [0, 0.05) is 11.6 Å². The number of hydrogen-bond acceptors (Lipinski definition) is 6. The van der Waals surface area contributed by atoms with Crippen molar-refractivity contribution in [3.05, 3.63) is 41.1 Å². The summed E-state index contributed by atoms with van der Waals surface area (Å²) in [5.41, 5.74) is 1.09. The maximum Gasteiger partial charge on any atom is 0.316 e. The van der Waals surface area contributed by atoms with Gasteiger partial charge < -0.3 is 19.6 Å². The van der Waals surface area contributed by atoms with Crippen molar-refractivity contribution in [2.75, 3.05) is 7.11 Å². The van der Waals surface area contributed by atoms with Crippen LogP contribution in [-0.2, 0) is 4.79 Å². The first-order valence-electron chi connectivity index (χ1n) is 8.81. The van der Waals surface area contributed by atoms with Gasteiger partial charge in [-0.15, -0.1) is 0 Å². The third-order valence-electron chi connectivity index (χ3n) is 4.21. The van der Waals surface area contributed by atoms with E-state index in [9.17, 15) is 9.90 Å². The fourth-order valence-corrected chi connectivity index (χ4v) is 2.55. The molecule has 2 N–H and O–H groups in total. The monoisotopic (exact) mass is 381 g/mol. The van der Waals surface area contributed by atoms with Crippen molar-refractivity contribution >= 4 is 18.1 Å². The van der Waals surface area contributed by atoms with Gasteiger partial charge in [0.2, 0.25) is 0 Å². The molecule has 0 aliphatic carbocycles. The minimum Gasteiger partial charge on any atom is -0.497 e. The summed E-state index contributed by atoms with van der Waals surface area (Å²) < 4.78 is 10.7. The van der Waals surface area contributed by atoms with E-state index in [0.717, 1.165) is 11.3 Å². The number of rotatable bonds is 2. The zero-order chi connectivity index (χ0) is 20.5. The van der Waals surface area contributed by atoms with E-state index in [1.165, 1.54) is 11.2 Å². The minimum atomic E-state index is -1.12. The Morgan fingerprint density at radius 2 is 1.96 bits per heavy atom. The fraction of sp³-hybridized carbons (Fsp3) is 0.333. The van der Waals surface area contributed by atoms with Crippen LogP contribution in [0.25, 0.3) is 0 Å². The van der Waals surface area contributed by atoms with Crippen LogP contribution in [0.5, 0.6) is 11.5 Å². The standard InChI is InChI=1S/C21H23N3O4/c1-13-17(28-20(26)21(2,3)4)16-18(23-13)22-12-24(19(16)25)11-10-14-6-8-15(27-5)9-7-14/h6-9,12,19,23,25H,1-5H3. The molecule has 2 heterocycles. The molecule has 1 atom stereocenters. The molecule has 146 valence electrons. The van der Waals surface area contributed by atoms with E-state index < -0.39 is 17.6 Å². The molecule has 1 aromatic heterocycles. The predicted octanol–water partition coefficient (Wildman–Crippen LogP) is 3.26. The lowest BCUT2D eigenvalue weighted by Gasteiger charge is -2.24. The molecule has 0 saturated carbocycles. The van der Waals surface area contributed by atoms with Gasteiger partial charge in [-0.3, -0.25) is 9.69 Å². The first kappa shape index (κ1) is 19.5. The maximum absolute atomic E-state index is 12.3. The lowest BCUT2D eigenvalue weighted by atomic mass is 9.97. The van der Waals surface area contributed by atoms with Gasteiger partial charge in [-0.2, -0.15) is 0 Å². The maximum atomic E-state index is 12.3. The third-order valence-corrected chi connectivity index (χ3v) is 4.21. The van der Waals surface area contributed by atoms with Crippen molar-refractivity contribution in [2.24, 2.45) is 10.4 Å². The summed E-state index contributed by atoms with van der Waals surface area (Å²) in [6.07, 6.45) is 0.320. The molecule has 0 fully saturated rings. The first-order chi connectivity index (χ1) is 13.2. The number of H-pyrrole nitrogens is 1. The van der Waals surface area contributed by atoms with Gasteiger partial charge in [0.25, 0.3) is 0 Å². The second-order valence-electron chi connectivity index (χ2n) is 7.47. The molecule has 0 bridgehead atoms. The van der Waals surface area contributed by atoms with E-state index in [1.807, 2.05) is 24.3 Å². The van der Waals surface area contributed by atoms with Crippen LogP contribution in [0, 0.1) is 24.3 Å². The molecule has 28 heavy (non-hydrogen) atoms. The normalized spacial score (nSPS) is 15.5. The van der Waals surface area contributed by atoms with E-state index in [0.29, 0.717) is 17.1 Å². The summed E-state index contributed by atoms with van der Waals surface area (Å²) in [4.78, 5) is 21.0. The number of aromatic amines is 1. The number of nitrogens with zero attached hydrogens (tertiary/aromatic N) is 2. The Hall–Kier alpha value is -3.24. The number of hydrogen-bond donors (Lipinski definition) is 2. The Kier molecular flexibility index (Phi) is 5.16. The molecule has 3 rings (SSSR count). The van der Waals surface area contributed by atoms with Crippen molar-refractivity contribution in [3.8, 4) is 23.5 Å². The number of esters is 1. The number of aryl methyl sites for hydroxylation is 1. The zero-order valence-corrected chi connectivity index (χ0v) is 16.5. The van der Waals surface area contributed by atoms with Gasteiger partial charge in [0.05, 0.1) is 23.8 Å². The average Bonchev–Trinajstić information content (AvgIpc) is 2.97. The molecule has 0 spiro atoms. The minimum absolute atomic E-state index is 0.288. The van der Waals surface area contributed by atoms with E-state index in [4.69, 9.17) is 9.47 Å². The van der Waals surface area contributed by atoms with Crippen molar-refractivity contribution in [3.63, 3.8) is 0 Å². The van der Waals surface area contributed by atoms with E-state index in [-0.39, 0.29) is 5.75 Å². The summed E-state index contributed by atoms with van der Waals surface area (Å²) >= 11 is 0. The molecule has 1 aromatic carbocycles. The van der Waals surface area contributed by atoms with Crippen LogP contribution >= 0.6 is 0 Å². The fourth-order valence-electron chi connectivity index (χ4n) is 2.55. The van der Waals surface area contributed by atoms with Crippen molar-refractivity contribution in [1.29, 1.82) is 0 Å². The lowest BCUT2D eigenvalue weighted by molar-refractivity contribution is -0.143. The average molecular weight is 381 g/mol. The molecule has 0 radical (unpaired) electrons. The molecule has 2 aromatic rings. The van der Waals surface area contributed by atoms with Crippen molar-refractivity contribution < 1.29 is 19.4 Å². The summed E-state index contributed by atoms with van der Waals surface area (Å²) in [5.74, 6) is 4.05. The number of benzene rings is 1. The van der Waals surface area contributed by atoms with E-state index >= 15 is 0 Å². The lowest BCUT2D eigenvalue weighted by Crippen LogP contribution is -2.28. The van der Waals surface area contributed by atoms with Crippen LogP contribution in [0.3, 0.4) is 0 Å². The largest absolute Gasteiger partial charge is 0.497 e. The van der Waals surface area contributed by atoms with Gasteiger partial charge in [-0.1, -0.05) is 0 Å². The number of carbonyl (C=O) groups is 1. The van der Waals surface area contributed by atoms with Crippen molar-refractivity contribution in [2.45, 2.75) is 33.9 Å². The third kappa shape index (κ3) is 3.87. The SMILES string of the molecule is COc1ccc(C#CN2C=Nc3[nH]c(C)c(OC(=O)C(C)(C)C)c3C2O)cc1. The molecule has 1 aliphatic heterocycles. The van der Waals surface area contributed by atoms with Crippen LogP contribution in [0.15, 0.2) is 29.3 Å². The van der Waals surface area contributed by atoms with Gasteiger partial charge in [0.15, 0.2) is 12.0 Å². The number of methoxy groups -OCH3 is 1. The van der Waals surface area contributed by atoms with Gasteiger partial charge in [-0.25, -0.2) is 4.99 Å². The van der Waals surface area contributed by atoms with Crippen LogP contribution in [0.2, 0.25) is 0 Å². The second-order valence-corrected chi connectivity index (χ2v) is 7.47. The summed E-state index contributed by atoms with van der Waals surface area (Å²) in [5, 5.41) is 10.8. The molecule has 0 saturated heterocycles. The van der Waals surface area contributed by atoms with Crippen LogP contribution < -0.4 is 9.47 Å².